The first-order valence-corrected chi connectivity index (χ1v) is 7.70. The summed E-state index contributed by atoms with van der Waals surface area (Å²) in [6, 6.07) is 5.79. The molecule has 2 heterocycles. The molecule has 0 saturated heterocycles. The molecule has 0 aliphatic carbocycles. The Hall–Kier alpha value is -1.52. The maximum Gasteiger partial charge on any atom is 0.111 e. The van der Waals surface area contributed by atoms with E-state index in [9.17, 15) is 0 Å². The Morgan fingerprint density at radius 1 is 1.29 bits per heavy atom. The van der Waals surface area contributed by atoms with Crippen LogP contribution in [-0.2, 0) is 20.0 Å². The van der Waals surface area contributed by atoms with Gasteiger partial charge in [0.05, 0.1) is 28.3 Å². The number of rotatable bonds is 4. The highest BCUT2D eigenvalue weighted by molar-refractivity contribution is 6.35. The first-order chi connectivity index (χ1) is 10.1. The van der Waals surface area contributed by atoms with Gasteiger partial charge >= 0.3 is 0 Å². The normalized spacial score (nSPS) is 11.4. The Kier molecular flexibility index (Phi) is 3.91. The molecule has 3 rings (SSSR count). The van der Waals surface area contributed by atoms with Crippen LogP contribution in [0, 0.1) is 6.92 Å². The summed E-state index contributed by atoms with van der Waals surface area (Å²) < 4.78 is 3.97. The molecule has 0 atom stereocenters. The lowest BCUT2D eigenvalue weighted by molar-refractivity contribution is 0.747. The van der Waals surface area contributed by atoms with E-state index < -0.39 is 0 Å². The summed E-state index contributed by atoms with van der Waals surface area (Å²) in [5.41, 5.74) is 4.04. The summed E-state index contributed by atoms with van der Waals surface area (Å²) in [6.07, 6.45) is 2.74. The van der Waals surface area contributed by atoms with Crippen LogP contribution in [0.25, 0.3) is 11.0 Å². The van der Waals surface area contributed by atoms with Gasteiger partial charge in [-0.1, -0.05) is 17.7 Å². The van der Waals surface area contributed by atoms with E-state index in [1.54, 1.807) is 0 Å². The standard InChI is InChI=1S/C15H16Cl2N4/c1-10-11(8-20(2)19-10)9-21-14(6-7-16)18-13-5-3-4-12(17)15(13)21/h3-5,8H,6-7,9H2,1-2H3. The molecule has 0 aliphatic rings. The molecule has 0 saturated carbocycles. The molecule has 2 aromatic heterocycles. The van der Waals surface area contributed by atoms with Crippen LogP contribution in [0.15, 0.2) is 24.4 Å². The monoisotopic (exact) mass is 322 g/mol. The SMILES string of the molecule is Cc1nn(C)cc1Cn1c(CCCl)nc2cccc(Cl)c21. The Morgan fingerprint density at radius 2 is 2.10 bits per heavy atom. The molecule has 6 heteroatoms. The van der Waals surface area contributed by atoms with Crippen LogP contribution in [0.3, 0.4) is 0 Å². The molecule has 1 aromatic carbocycles. The van der Waals surface area contributed by atoms with Crippen LogP contribution in [0.4, 0.5) is 0 Å². The van der Waals surface area contributed by atoms with Crippen molar-refractivity contribution in [3.63, 3.8) is 0 Å². The highest BCUT2D eigenvalue weighted by Crippen LogP contribution is 2.26. The first kappa shape index (κ1) is 14.4. The van der Waals surface area contributed by atoms with Crippen LogP contribution >= 0.6 is 23.2 Å². The predicted molar refractivity (Wildman–Crippen MR) is 86.2 cm³/mol. The number of hydrogen-bond donors (Lipinski definition) is 0. The number of aromatic nitrogens is 4. The first-order valence-electron chi connectivity index (χ1n) is 6.79. The molecule has 0 aliphatic heterocycles. The van der Waals surface area contributed by atoms with Crippen molar-refractivity contribution in [2.45, 2.75) is 19.9 Å². The fourth-order valence-electron chi connectivity index (χ4n) is 2.61. The van der Waals surface area contributed by atoms with E-state index in [2.05, 4.69) is 14.6 Å². The summed E-state index contributed by atoms with van der Waals surface area (Å²) in [7, 11) is 1.93. The van der Waals surface area contributed by atoms with E-state index in [4.69, 9.17) is 23.2 Å². The fraction of sp³-hybridized carbons (Fsp3) is 0.333. The molecule has 0 spiro atoms. The van der Waals surface area contributed by atoms with E-state index >= 15 is 0 Å². The van der Waals surface area contributed by atoms with Crippen molar-refractivity contribution in [1.29, 1.82) is 0 Å². The second kappa shape index (κ2) is 5.70. The molecule has 0 unspecified atom stereocenters. The van der Waals surface area contributed by atoms with E-state index in [0.717, 1.165) is 28.1 Å². The third-order valence-electron chi connectivity index (χ3n) is 3.56. The summed E-state index contributed by atoms with van der Waals surface area (Å²) in [4.78, 5) is 4.66. The van der Waals surface area contributed by atoms with Crippen molar-refractivity contribution >= 4 is 34.2 Å². The lowest BCUT2D eigenvalue weighted by atomic mass is 10.2. The van der Waals surface area contributed by atoms with Crippen LogP contribution < -0.4 is 0 Å². The van der Waals surface area contributed by atoms with Crippen molar-refractivity contribution in [2.75, 3.05) is 5.88 Å². The molecule has 110 valence electrons. The molecule has 4 nitrogen and oxygen atoms in total. The number of para-hydroxylation sites is 1. The molecule has 0 radical (unpaired) electrons. The van der Waals surface area contributed by atoms with Crippen molar-refractivity contribution < 1.29 is 0 Å². The van der Waals surface area contributed by atoms with Crippen LogP contribution in [-0.4, -0.2) is 25.2 Å². The molecule has 3 aromatic rings. The summed E-state index contributed by atoms with van der Waals surface area (Å²) in [6.45, 7) is 2.71. The summed E-state index contributed by atoms with van der Waals surface area (Å²) in [5, 5.41) is 5.10. The number of benzene rings is 1. The third kappa shape index (κ3) is 2.65. The van der Waals surface area contributed by atoms with Gasteiger partial charge in [-0.25, -0.2) is 4.98 Å². The number of fused-ring (bicyclic) bond motifs is 1. The predicted octanol–water partition coefficient (Wildman–Crippen LogP) is 3.56. The van der Waals surface area contributed by atoms with Gasteiger partial charge < -0.3 is 4.57 Å². The molecule has 0 amide bonds. The Labute approximate surface area is 133 Å². The van der Waals surface area contributed by atoms with Gasteiger partial charge in [0.1, 0.15) is 5.82 Å². The van der Waals surface area contributed by atoms with Gasteiger partial charge in [0.25, 0.3) is 0 Å². The highest BCUT2D eigenvalue weighted by Gasteiger charge is 2.15. The zero-order chi connectivity index (χ0) is 15.0. The quantitative estimate of drug-likeness (QED) is 0.688. The average molecular weight is 323 g/mol. The molecule has 21 heavy (non-hydrogen) atoms. The molecule has 0 bridgehead atoms. The Morgan fingerprint density at radius 3 is 2.76 bits per heavy atom. The highest BCUT2D eigenvalue weighted by atomic mass is 35.5. The Bertz CT molecular complexity index is 788. The minimum atomic E-state index is 0.535. The number of halogens is 2. The zero-order valence-corrected chi connectivity index (χ0v) is 13.5. The largest absolute Gasteiger partial charge is 0.322 e. The minimum absolute atomic E-state index is 0.535. The van der Waals surface area contributed by atoms with Crippen molar-refractivity contribution in [3.8, 4) is 0 Å². The van der Waals surface area contributed by atoms with Gasteiger partial charge in [0, 0.05) is 31.1 Å². The second-order valence-corrected chi connectivity index (χ2v) is 5.86. The average Bonchev–Trinajstić information content (AvgIpc) is 2.93. The van der Waals surface area contributed by atoms with E-state index in [-0.39, 0.29) is 0 Å². The zero-order valence-electron chi connectivity index (χ0n) is 12.0. The van der Waals surface area contributed by atoms with Gasteiger partial charge in [0.15, 0.2) is 0 Å². The maximum atomic E-state index is 6.37. The second-order valence-electron chi connectivity index (χ2n) is 5.07. The lowest BCUT2D eigenvalue weighted by Gasteiger charge is -2.08. The number of hydrogen-bond acceptors (Lipinski definition) is 2. The molecular weight excluding hydrogens is 307 g/mol. The topological polar surface area (TPSA) is 35.6 Å². The van der Waals surface area contributed by atoms with Crippen LogP contribution in [0.2, 0.25) is 5.02 Å². The van der Waals surface area contributed by atoms with Crippen LogP contribution in [0.1, 0.15) is 17.1 Å². The van der Waals surface area contributed by atoms with Crippen LogP contribution in [0.5, 0.6) is 0 Å². The smallest absolute Gasteiger partial charge is 0.111 e. The van der Waals surface area contributed by atoms with Gasteiger partial charge in [-0.2, -0.15) is 5.10 Å². The number of imidazole rings is 1. The maximum absolute atomic E-state index is 6.37. The van der Waals surface area contributed by atoms with Gasteiger partial charge in [0.2, 0.25) is 0 Å². The van der Waals surface area contributed by atoms with Gasteiger partial charge in [-0.15, -0.1) is 11.6 Å². The van der Waals surface area contributed by atoms with E-state index in [1.165, 1.54) is 0 Å². The van der Waals surface area contributed by atoms with E-state index in [1.807, 2.05) is 43.0 Å². The lowest BCUT2D eigenvalue weighted by Crippen LogP contribution is -2.06. The van der Waals surface area contributed by atoms with Crippen molar-refractivity contribution in [2.24, 2.45) is 7.05 Å². The van der Waals surface area contributed by atoms with Crippen molar-refractivity contribution in [1.82, 2.24) is 19.3 Å². The van der Waals surface area contributed by atoms with Gasteiger partial charge in [-0.3, -0.25) is 4.68 Å². The van der Waals surface area contributed by atoms with E-state index in [0.29, 0.717) is 23.9 Å². The third-order valence-corrected chi connectivity index (χ3v) is 4.05. The molecular formula is C15H16Cl2N4. The number of alkyl halides is 1. The minimum Gasteiger partial charge on any atom is -0.322 e. The summed E-state index contributed by atoms with van der Waals surface area (Å²) >= 11 is 12.3. The fourth-order valence-corrected chi connectivity index (χ4v) is 3.05. The Balaban J connectivity index is 2.14. The number of aryl methyl sites for hydroxylation is 3. The molecule has 0 N–H and O–H groups in total. The molecule has 0 fully saturated rings. The number of nitrogens with zero attached hydrogens (tertiary/aromatic N) is 4. The van der Waals surface area contributed by atoms with Gasteiger partial charge in [-0.05, 0) is 19.1 Å². The summed E-state index contributed by atoms with van der Waals surface area (Å²) in [5.74, 6) is 1.49. The van der Waals surface area contributed by atoms with Crippen molar-refractivity contribution in [3.05, 3.63) is 46.5 Å².